The van der Waals surface area contributed by atoms with Crippen LogP contribution in [0.4, 0.5) is 11.4 Å². The largest absolute Gasteiger partial charge is 0.380 e. The maximum atomic E-state index is 6.12. The van der Waals surface area contributed by atoms with Crippen LogP contribution in [-0.4, -0.2) is 24.1 Å². The fourth-order valence-corrected chi connectivity index (χ4v) is 3.92. The van der Waals surface area contributed by atoms with Crippen molar-refractivity contribution in [3.05, 3.63) is 64.2 Å². The standard InChI is InChI=1S/C19H17BrClN3/c20-17-6-2-5-16-18(7-9-22-19(16)17)23-14-8-10-24(12-14)15-4-1-3-13(21)11-15/h1-7,9,11,14H,8,10,12H2,(H,22,23). The SMILES string of the molecule is Clc1cccc(N2CCC(Nc3ccnc4c(Br)cccc34)C2)c1. The van der Waals surface area contributed by atoms with Crippen molar-refractivity contribution in [3.8, 4) is 0 Å². The van der Waals surface area contributed by atoms with E-state index in [1.165, 1.54) is 5.69 Å². The van der Waals surface area contributed by atoms with E-state index in [-0.39, 0.29) is 0 Å². The van der Waals surface area contributed by atoms with Gasteiger partial charge in [0, 0.05) is 51.6 Å². The monoisotopic (exact) mass is 401 g/mol. The van der Waals surface area contributed by atoms with Crippen molar-refractivity contribution >= 4 is 49.8 Å². The van der Waals surface area contributed by atoms with Crippen LogP contribution < -0.4 is 10.2 Å². The van der Waals surface area contributed by atoms with E-state index in [0.29, 0.717) is 6.04 Å². The summed E-state index contributed by atoms with van der Waals surface area (Å²) in [5.41, 5.74) is 3.32. The highest BCUT2D eigenvalue weighted by Gasteiger charge is 2.23. The molecule has 1 aromatic heterocycles. The first kappa shape index (κ1) is 15.7. The topological polar surface area (TPSA) is 28.2 Å². The van der Waals surface area contributed by atoms with Gasteiger partial charge in [-0.1, -0.05) is 29.8 Å². The Kier molecular flexibility index (Phi) is 4.33. The molecule has 1 fully saturated rings. The van der Waals surface area contributed by atoms with Crippen LogP contribution in [0.25, 0.3) is 10.9 Å². The van der Waals surface area contributed by atoms with E-state index in [0.717, 1.165) is 45.6 Å². The van der Waals surface area contributed by atoms with Gasteiger partial charge in [0.15, 0.2) is 0 Å². The number of anilines is 2. The molecular weight excluding hydrogens is 386 g/mol. The molecule has 1 unspecified atom stereocenters. The smallest absolute Gasteiger partial charge is 0.0864 e. The molecule has 0 saturated carbocycles. The minimum Gasteiger partial charge on any atom is -0.380 e. The van der Waals surface area contributed by atoms with Gasteiger partial charge in [-0.05, 0) is 52.7 Å². The maximum Gasteiger partial charge on any atom is 0.0864 e. The molecule has 2 heterocycles. The summed E-state index contributed by atoms with van der Waals surface area (Å²) in [6, 6.07) is 16.7. The van der Waals surface area contributed by atoms with Gasteiger partial charge in [-0.15, -0.1) is 0 Å². The third-order valence-corrected chi connectivity index (χ3v) is 5.32. The van der Waals surface area contributed by atoms with Gasteiger partial charge in [-0.3, -0.25) is 4.98 Å². The van der Waals surface area contributed by atoms with Gasteiger partial charge in [0.2, 0.25) is 0 Å². The summed E-state index contributed by atoms with van der Waals surface area (Å²) in [4.78, 5) is 6.85. The molecule has 5 heteroatoms. The fraction of sp³-hybridized carbons (Fsp3) is 0.211. The summed E-state index contributed by atoms with van der Waals surface area (Å²) < 4.78 is 1.02. The second-order valence-electron chi connectivity index (χ2n) is 6.05. The van der Waals surface area contributed by atoms with Gasteiger partial charge < -0.3 is 10.2 Å². The number of rotatable bonds is 3. The highest BCUT2D eigenvalue weighted by molar-refractivity contribution is 9.10. The van der Waals surface area contributed by atoms with Crippen LogP contribution in [0, 0.1) is 0 Å². The van der Waals surface area contributed by atoms with Crippen molar-refractivity contribution in [2.24, 2.45) is 0 Å². The minimum absolute atomic E-state index is 0.411. The van der Waals surface area contributed by atoms with Gasteiger partial charge in [0.25, 0.3) is 0 Å². The lowest BCUT2D eigenvalue weighted by atomic mass is 10.1. The molecule has 2 aromatic carbocycles. The molecular formula is C19H17BrClN3. The number of hydrogen-bond donors (Lipinski definition) is 1. The number of fused-ring (bicyclic) bond motifs is 1. The van der Waals surface area contributed by atoms with Crippen LogP contribution in [-0.2, 0) is 0 Å². The first-order valence-corrected chi connectivity index (χ1v) is 9.18. The van der Waals surface area contributed by atoms with Crippen LogP contribution in [0.1, 0.15) is 6.42 Å². The average Bonchev–Trinajstić information content (AvgIpc) is 3.05. The summed E-state index contributed by atoms with van der Waals surface area (Å²) in [6.45, 7) is 2.00. The zero-order valence-electron chi connectivity index (χ0n) is 13.0. The highest BCUT2D eigenvalue weighted by Crippen LogP contribution is 2.30. The zero-order valence-corrected chi connectivity index (χ0v) is 15.4. The summed E-state index contributed by atoms with van der Waals surface area (Å²) in [6.07, 6.45) is 2.96. The van der Waals surface area contributed by atoms with Gasteiger partial charge in [-0.2, -0.15) is 0 Å². The number of para-hydroxylation sites is 1. The van der Waals surface area contributed by atoms with E-state index in [9.17, 15) is 0 Å². The van der Waals surface area contributed by atoms with E-state index in [4.69, 9.17) is 11.6 Å². The van der Waals surface area contributed by atoms with E-state index in [2.05, 4.69) is 49.3 Å². The van der Waals surface area contributed by atoms with E-state index >= 15 is 0 Å². The number of pyridine rings is 1. The molecule has 1 atom stereocenters. The number of halogens is 2. The Morgan fingerprint density at radius 2 is 2.04 bits per heavy atom. The summed E-state index contributed by atoms with van der Waals surface area (Å²) in [7, 11) is 0. The third-order valence-electron chi connectivity index (χ3n) is 4.44. The van der Waals surface area contributed by atoms with Crippen molar-refractivity contribution in [3.63, 3.8) is 0 Å². The lowest BCUT2D eigenvalue weighted by Crippen LogP contribution is -2.26. The molecule has 1 aliphatic rings. The zero-order chi connectivity index (χ0) is 16.5. The molecule has 1 N–H and O–H groups in total. The molecule has 3 nitrogen and oxygen atoms in total. The summed E-state index contributed by atoms with van der Waals surface area (Å²) in [5.74, 6) is 0. The highest BCUT2D eigenvalue weighted by atomic mass is 79.9. The van der Waals surface area contributed by atoms with Crippen LogP contribution in [0.5, 0.6) is 0 Å². The molecule has 0 radical (unpaired) electrons. The van der Waals surface area contributed by atoms with Crippen molar-refractivity contribution in [2.45, 2.75) is 12.5 Å². The van der Waals surface area contributed by atoms with Crippen LogP contribution in [0.2, 0.25) is 5.02 Å². The molecule has 1 saturated heterocycles. The van der Waals surface area contributed by atoms with E-state index in [1.807, 2.05) is 36.5 Å². The second kappa shape index (κ2) is 6.61. The predicted molar refractivity (Wildman–Crippen MR) is 105 cm³/mol. The number of nitrogens with one attached hydrogen (secondary N) is 1. The van der Waals surface area contributed by atoms with Crippen LogP contribution in [0.15, 0.2) is 59.2 Å². The average molecular weight is 403 g/mol. The van der Waals surface area contributed by atoms with Crippen molar-refractivity contribution in [2.75, 3.05) is 23.3 Å². The van der Waals surface area contributed by atoms with Gasteiger partial charge >= 0.3 is 0 Å². The van der Waals surface area contributed by atoms with Crippen molar-refractivity contribution in [1.29, 1.82) is 0 Å². The lowest BCUT2D eigenvalue weighted by Gasteiger charge is -2.20. The molecule has 122 valence electrons. The van der Waals surface area contributed by atoms with Crippen LogP contribution in [0.3, 0.4) is 0 Å². The predicted octanol–water partition coefficient (Wildman–Crippen LogP) is 5.34. The normalized spacial score (nSPS) is 17.4. The van der Waals surface area contributed by atoms with E-state index < -0.39 is 0 Å². The molecule has 24 heavy (non-hydrogen) atoms. The lowest BCUT2D eigenvalue weighted by molar-refractivity contribution is 0.808. The van der Waals surface area contributed by atoms with Gasteiger partial charge in [-0.25, -0.2) is 0 Å². The molecule has 0 amide bonds. The quantitative estimate of drug-likeness (QED) is 0.641. The Morgan fingerprint density at radius 1 is 1.17 bits per heavy atom. The molecule has 0 aliphatic carbocycles. The molecule has 3 aromatic rings. The summed E-state index contributed by atoms with van der Waals surface area (Å²) >= 11 is 9.70. The number of benzene rings is 2. The molecule has 0 spiro atoms. The Morgan fingerprint density at radius 3 is 2.92 bits per heavy atom. The first-order chi connectivity index (χ1) is 11.7. The Labute approximate surface area is 154 Å². The van der Waals surface area contributed by atoms with Crippen molar-refractivity contribution < 1.29 is 0 Å². The second-order valence-corrected chi connectivity index (χ2v) is 7.34. The Hall–Kier alpha value is -1.78. The molecule has 4 rings (SSSR count). The van der Waals surface area contributed by atoms with Gasteiger partial charge in [0.05, 0.1) is 5.52 Å². The third kappa shape index (κ3) is 3.08. The molecule has 1 aliphatic heterocycles. The maximum absolute atomic E-state index is 6.12. The van der Waals surface area contributed by atoms with Crippen LogP contribution >= 0.6 is 27.5 Å². The molecule has 0 bridgehead atoms. The number of nitrogens with zero attached hydrogens (tertiary/aromatic N) is 2. The Balaban J connectivity index is 1.54. The number of aromatic nitrogens is 1. The fourth-order valence-electron chi connectivity index (χ4n) is 3.27. The Bertz CT molecular complexity index is 883. The van der Waals surface area contributed by atoms with E-state index in [1.54, 1.807) is 0 Å². The van der Waals surface area contributed by atoms with Gasteiger partial charge in [0.1, 0.15) is 0 Å². The number of hydrogen-bond acceptors (Lipinski definition) is 3. The minimum atomic E-state index is 0.411. The summed E-state index contributed by atoms with van der Waals surface area (Å²) in [5, 5.41) is 5.62. The van der Waals surface area contributed by atoms with Crippen molar-refractivity contribution in [1.82, 2.24) is 4.98 Å². The first-order valence-electron chi connectivity index (χ1n) is 8.01.